The van der Waals surface area contributed by atoms with Crippen molar-refractivity contribution in [1.29, 1.82) is 0 Å². The van der Waals surface area contributed by atoms with Gasteiger partial charge in [0.05, 0.1) is 40.9 Å². The molecule has 1 amide bonds. The van der Waals surface area contributed by atoms with Crippen LogP contribution in [0.4, 0.5) is 0 Å². The van der Waals surface area contributed by atoms with Crippen LogP contribution in [0, 0.1) is 6.92 Å². The molecule has 0 spiro atoms. The lowest BCUT2D eigenvalue weighted by molar-refractivity contribution is -0.858. The molecule has 3 aromatic rings. The summed E-state index contributed by atoms with van der Waals surface area (Å²) in [6.07, 6.45) is 0.680. The molecule has 0 aliphatic carbocycles. The van der Waals surface area contributed by atoms with Gasteiger partial charge in [-0.05, 0) is 53.4 Å². The van der Waals surface area contributed by atoms with Crippen LogP contribution < -0.4 is 24.2 Å². The van der Waals surface area contributed by atoms with Crippen LogP contribution >= 0.6 is 0 Å². The molecule has 0 saturated carbocycles. The van der Waals surface area contributed by atoms with E-state index in [0.717, 1.165) is 17.7 Å². The fourth-order valence-electron chi connectivity index (χ4n) is 4.86. The number of hydrogen-bond donors (Lipinski definition) is 1. The number of hydrogen-bond acceptors (Lipinski definition) is 6. The lowest BCUT2D eigenvalue weighted by atomic mass is 9.95. The molecule has 3 aromatic carbocycles. The van der Waals surface area contributed by atoms with Crippen LogP contribution in [0.3, 0.4) is 0 Å². The Kier molecular flexibility index (Phi) is 9.11. The minimum Gasteiger partial charge on any atom is -0.872 e. The summed E-state index contributed by atoms with van der Waals surface area (Å²) in [5, 5.41) is 13.8. The Morgan fingerprint density at radius 3 is 2.30 bits per heavy atom. The first kappa shape index (κ1) is 28.7. The summed E-state index contributed by atoms with van der Waals surface area (Å²) in [5.41, 5.74) is 3.05. The number of quaternary nitrogens is 1. The summed E-state index contributed by atoms with van der Waals surface area (Å²) in [7, 11) is 7.10. The molecule has 8 heteroatoms. The highest BCUT2D eigenvalue weighted by Gasteiger charge is 2.44. The van der Waals surface area contributed by atoms with E-state index in [1.54, 1.807) is 42.5 Å². The number of benzene rings is 3. The molecule has 40 heavy (non-hydrogen) atoms. The number of aryl methyl sites for hydroxylation is 1. The molecule has 1 N–H and O–H groups in total. The number of Topliss-reactive ketones (excluding diaryl/α,β-unsaturated/α-hetero) is 1. The first-order valence-corrected chi connectivity index (χ1v) is 13.3. The van der Waals surface area contributed by atoms with Gasteiger partial charge in [0.25, 0.3) is 5.91 Å². The monoisotopic (exact) mass is 544 g/mol. The van der Waals surface area contributed by atoms with Crippen LogP contribution in [0.25, 0.3) is 5.76 Å². The van der Waals surface area contributed by atoms with Gasteiger partial charge in [0.1, 0.15) is 12.4 Å². The highest BCUT2D eigenvalue weighted by atomic mass is 16.5. The quantitative estimate of drug-likeness (QED) is 0.226. The minimum atomic E-state index is -0.832. The summed E-state index contributed by atoms with van der Waals surface area (Å²) in [6, 6.07) is 19.0. The van der Waals surface area contributed by atoms with E-state index in [4.69, 9.17) is 14.2 Å². The number of amides is 1. The molecule has 0 bridgehead atoms. The lowest BCUT2D eigenvalue weighted by Crippen LogP contribution is -3.05. The second kappa shape index (κ2) is 12.7. The maximum atomic E-state index is 13.8. The van der Waals surface area contributed by atoms with Gasteiger partial charge in [-0.1, -0.05) is 48.2 Å². The third kappa shape index (κ3) is 6.13. The van der Waals surface area contributed by atoms with Gasteiger partial charge < -0.3 is 29.1 Å². The lowest BCUT2D eigenvalue weighted by Gasteiger charge is -2.28. The highest BCUT2D eigenvalue weighted by Crippen LogP contribution is 2.41. The predicted molar refractivity (Wildman–Crippen MR) is 150 cm³/mol. The van der Waals surface area contributed by atoms with Gasteiger partial charge in [0, 0.05) is 18.5 Å². The van der Waals surface area contributed by atoms with E-state index in [1.807, 2.05) is 45.3 Å². The smallest absolute Gasteiger partial charge is 0.295 e. The Labute approximate surface area is 235 Å². The zero-order valence-corrected chi connectivity index (χ0v) is 23.7. The Morgan fingerprint density at radius 1 is 0.950 bits per heavy atom. The van der Waals surface area contributed by atoms with E-state index in [9.17, 15) is 14.7 Å². The van der Waals surface area contributed by atoms with Crippen molar-refractivity contribution in [1.82, 2.24) is 4.90 Å². The molecule has 1 unspecified atom stereocenters. The van der Waals surface area contributed by atoms with Crippen LogP contribution in [0.2, 0.25) is 0 Å². The Balaban J connectivity index is 1.68. The maximum absolute atomic E-state index is 13.8. The van der Waals surface area contributed by atoms with Crippen LogP contribution in [0.15, 0.2) is 72.3 Å². The molecule has 8 nitrogen and oxygen atoms in total. The van der Waals surface area contributed by atoms with Crippen molar-refractivity contribution in [3.63, 3.8) is 0 Å². The first-order valence-electron chi connectivity index (χ1n) is 13.3. The van der Waals surface area contributed by atoms with Gasteiger partial charge in [0.2, 0.25) is 5.78 Å². The van der Waals surface area contributed by atoms with E-state index in [2.05, 4.69) is 0 Å². The molecule has 210 valence electrons. The van der Waals surface area contributed by atoms with E-state index >= 15 is 0 Å². The van der Waals surface area contributed by atoms with Crippen LogP contribution in [-0.2, 0) is 16.2 Å². The number of nitrogens with zero attached hydrogens (tertiary/aromatic N) is 1. The molecule has 4 rings (SSSR count). The summed E-state index contributed by atoms with van der Waals surface area (Å²) in [6.45, 7) is 3.58. The highest BCUT2D eigenvalue weighted by molar-refractivity contribution is 6.46. The number of rotatable bonds is 11. The number of methoxy groups -OCH3 is 2. The molecule has 1 fully saturated rings. The standard InChI is InChI=1S/C32H36N2O6/c1-21-9-6-7-10-24(21)20-40-25-14-11-22(12-15-25)30(35)28-29(23-13-16-26(38-4)27(19-23)39-5)34(32(37)31(28)36)18-8-17-33(2)3/h6-7,9-16,19,29,35H,8,17-18,20H2,1-5H3. The molecule has 1 heterocycles. The Bertz CT molecular complexity index is 1400. The zero-order chi connectivity index (χ0) is 28.8. The molecule has 0 aromatic heterocycles. The number of carbonyl (C=O) groups excluding carboxylic acids is 2. The van der Waals surface area contributed by atoms with Gasteiger partial charge >= 0.3 is 0 Å². The molecule has 0 radical (unpaired) electrons. The van der Waals surface area contributed by atoms with Gasteiger partial charge in [-0.2, -0.15) is 0 Å². The van der Waals surface area contributed by atoms with Crippen LogP contribution in [-0.4, -0.2) is 58.0 Å². The van der Waals surface area contributed by atoms with Gasteiger partial charge in [-0.15, -0.1) is 0 Å². The number of ether oxygens (including phenoxy) is 3. The van der Waals surface area contributed by atoms with Gasteiger partial charge in [-0.3, -0.25) is 9.59 Å². The maximum Gasteiger partial charge on any atom is 0.295 e. The number of carbonyl (C=O) groups is 2. The predicted octanol–water partition coefficient (Wildman–Crippen LogP) is 2.35. The first-order chi connectivity index (χ1) is 19.2. The number of likely N-dealkylation sites (tertiary alicyclic amines) is 1. The number of nitrogens with one attached hydrogen (secondary N) is 1. The second-order valence-corrected chi connectivity index (χ2v) is 10.1. The topological polar surface area (TPSA) is 92.6 Å². The molecular formula is C32H36N2O6. The van der Waals surface area contributed by atoms with Crippen molar-refractivity contribution >= 4 is 17.4 Å². The summed E-state index contributed by atoms with van der Waals surface area (Å²) in [4.78, 5) is 29.2. The number of ketones is 1. The fraction of sp³-hybridized carbons (Fsp3) is 0.312. The minimum absolute atomic E-state index is 0.0667. The average molecular weight is 545 g/mol. The van der Waals surface area contributed by atoms with Gasteiger partial charge in [-0.25, -0.2) is 0 Å². The fourth-order valence-corrected chi connectivity index (χ4v) is 4.86. The van der Waals surface area contributed by atoms with Crippen LogP contribution in [0.5, 0.6) is 17.2 Å². The summed E-state index contributed by atoms with van der Waals surface area (Å²) >= 11 is 0. The van der Waals surface area contributed by atoms with Crippen molar-refractivity contribution in [2.24, 2.45) is 0 Å². The van der Waals surface area contributed by atoms with E-state index in [-0.39, 0.29) is 5.57 Å². The molecule has 1 aliphatic rings. The SMILES string of the molecule is COc1ccc(C2C(=C([O-])c3ccc(OCc4ccccc4C)cc3)C(=O)C(=O)N2CCC[NH+](C)C)cc1OC. The molecule has 1 saturated heterocycles. The van der Waals surface area contributed by atoms with E-state index < -0.39 is 23.5 Å². The Hall–Kier alpha value is -4.30. The van der Waals surface area contributed by atoms with Crippen molar-refractivity contribution in [2.75, 3.05) is 41.4 Å². The third-order valence-electron chi connectivity index (χ3n) is 7.10. The van der Waals surface area contributed by atoms with Crippen molar-refractivity contribution < 1.29 is 33.8 Å². The van der Waals surface area contributed by atoms with Crippen LogP contribution in [0.1, 0.15) is 34.7 Å². The van der Waals surface area contributed by atoms with Crippen molar-refractivity contribution in [2.45, 2.75) is 26.0 Å². The van der Waals surface area contributed by atoms with E-state index in [1.165, 1.54) is 24.0 Å². The second-order valence-electron chi connectivity index (χ2n) is 10.1. The summed E-state index contributed by atoms with van der Waals surface area (Å²) < 4.78 is 16.7. The largest absolute Gasteiger partial charge is 0.872 e. The summed E-state index contributed by atoms with van der Waals surface area (Å²) in [5.74, 6) is -0.366. The Morgan fingerprint density at radius 2 is 1.65 bits per heavy atom. The normalized spacial score (nSPS) is 16.4. The molecular weight excluding hydrogens is 508 g/mol. The van der Waals surface area contributed by atoms with Crippen molar-refractivity contribution in [3.05, 3.63) is 94.6 Å². The average Bonchev–Trinajstić information content (AvgIpc) is 3.21. The molecule has 1 aliphatic heterocycles. The van der Waals surface area contributed by atoms with Crippen molar-refractivity contribution in [3.8, 4) is 17.2 Å². The third-order valence-corrected chi connectivity index (χ3v) is 7.10. The van der Waals surface area contributed by atoms with E-state index in [0.29, 0.717) is 47.9 Å². The van der Waals surface area contributed by atoms with Gasteiger partial charge in [0.15, 0.2) is 11.5 Å². The molecule has 1 atom stereocenters. The zero-order valence-electron chi connectivity index (χ0n) is 23.7.